The fourth-order valence-electron chi connectivity index (χ4n) is 2.08. The van der Waals surface area contributed by atoms with Gasteiger partial charge in [-0.3, -0.25) is 4.79 Å². The van der Waals surface area contributed by atoms with Crippen LogP contribution in [0.2, 0.25) is 0 Å². The number of morpholine rings is 1. The second-order valence-corrected chi connectivity index (χ2v) is 5.18. The number of halogens is 1. The number of carbonyl (C=O) groups is 1. The van der Waals surface area contributed by atoms with Crippen LogP contribution >= 0.6 is 15.9 Å². The molecule has 4 nitrogen and oxygen atoms in total. The summed E-state index contributed by atoms with van der Waals surface area (Å²) in [5.74, 6) is 0.0905. The zero-order valence-corrected chi connectivity index (χ0v) is 11.7. The Hall–Kier alpha value is -0.810. The van der Waals surface area contributed by atoms with Crippen molar-refractivity contribution in [3.63, 3.8) is 0 Å². The van der Waals surface area contributed by atoms with Crippen LogP contribution in [0.5, 0.6) is 0 Å². The molecule has 0 aliphatic carbocycles. The number of rotatable bonds is 2. The SMILES string of the molecule is CCn1cc(Br)cc1C(=O)N1CCOC(C)C1. The monoisotopic (exact) mass is 300 g/mol. The standard InChI is InChI=1S/C12H17BrN2O2/c1-3-14-8-10(13)6-11(14)12(16)15-4-5-17-9(2)7-15/h6,8-9H,3-5,7H2,1-2H3. The molecule has 0 saturated carbocycles. The number of amides is 1. The van der Waals surface area contributed by atoms with E-state index in [1.807, 2.05) is 35.6 Å². The molecule has 1 aromatic heterocycles. The Morgan fingerprint density at radius 2 is 2.41 bits per heavy atom. The highest BCUT2D eigenvalue weighted by Crippen LogP contribution is 2.18. The molecule has 0 N–H and O–H groups in total. The molecule has 0 aromatic carbocycles. The van der Waals surface area contributed by atoms with Gasteiger partial charge in [0, 0.05) is 30.3 Å². The minimum absolute atomic E-state index is 0.0905. The summed E-state index contributed by atoms with van der Waals surface area (Å²) in [7, 11) is 0. The molecule has 0 spiro atoms. The first kappa shape index (κ1) is 12.6. The van der Waals surface area contributed by atoms with E-state index in [1.54, 1.807) is 0 Å². The minimum atomic E-state index is 0.0905. The van der Waals surface area contributed by atoms with Crippen LogP contribution in [-0.4, -0.2) is 41.2 Å². The highest BCUT2D eigenvalue weighted by atomic mass is 79.9. The van der Waals surface area contributed by atoms with Crippen LogP contribution in [0, 0.1) is 0 Å². The first-order chi connectivity index (χ1) is 8.11. The van der Waals surface area contributed by atoms with Crippen LogP contribution < -0.4 is 0 Å². The molecule has 1 fully saturated rings. The van der Waals surface area contributed by atoms with Crippen LogP contribution in [0.3, 0.4) is 0 Å². The summed E-state index contributed by atoms with van der Waals surface area (Å²) in [6.45, 7) is 6.80. The third-order valence-electron chi connectivity index (χ3n) is 2.95. The Morgan fingerprint density at radius 3 is 3.06 bits per heavy atom. The summed E-state index contributed by atoms with van der Waals surface area (Å²) in [5.41, 5.74) is 0.744. The average Bonchev–Trinajstić information content (AvgIpc) is 2.69. The number of aromatic nitrogens is 1. The topological polar surface area (TPSA) is 34.5 Å². The van der Waals surface area contributed by atoms with E-state index < -0.39 is 0 Å². The molecule has 1 aliphatic heterocycles. The van der Waals surface area contributed by atoms with Crippen molar-refractivity contribution < 1.29 is 9.53 Å². The van der Waals surface area contributed by atoms with Crippen LogP contribution in [-0.2, 0) is 11.3 Å². The number of ether oxygens (including phenoxy) is 1. The molecule has 1 saturated heterocycles. The Kier molecular flexibility index (Phi) is 3.89. The van der Waals surface area contributed by atoms with Crippen molar-refractivity contribution in [3.8, 4) is 0 Å². The predicted octanol–water partition coefficient (Wildman–Crippen LogP) is 2.13. The Balaban J connectivity index is 2.18. The molecule has 0 radical (unpaired) electrons. The maximum Gasteiger partial charge on any atom is 0.270 e. The molecule has 94 valence electrons. The van der Waals surface area contributed by atoms with E-state index in [9.17, 15) is 4.79 Å². The summed E-state index contributed by atoms with van der Waals surface area (Å²) in [6, 6.07) is 1.88. The van der Waals surface area contributed by atoms with Gasteiger partial charge in [0.1, 0.15) is 5.69 Å². The third kappa shape index (κ3) is 2.72. The first-order valence-corrected chi connectivity index (χ1v) is 6.67. The van der Waals surface area contributed by atoms with Gasteiger partial charge in [-0.2, -0.15) is 0 Å². The van der Waals surface area contributed by atoms with Crippen molar-refractivity contribution in [3.05, 3.63) is 22.4 Å². The zero-order chi connectivity index (χ0) is 12.4. The minimum Gasteiger partial charge on any atom is -0.375 e. The summed E-state index contributed by atoms with van der Waals surface area (Å²) in [6.07, 6.45) is 2.07. The Morgan fingerprint density at radius 1 is 1.65 bits per heavy atom. The molecule has 0 bridgehead atoms. The molecule has 1 aliphatic rings. The van der Waals surface area contributed by atoms with E-state index in [4.69, 9.17) is 4.74 Å². The van der Waals surface area contributed by atoms with Gasteiger partial charge in [0.25, 0.3) is 5.91 Å². The van der Waals surface area contributed by atoms with Gasteiger partial charge in [-0.05, 0) is 35.8 Å². The van der Waals surface area contributed by atoms with Crippen LogP contribution in [0.1, 0.15) is 24.3 Å². The summed E-state index contributed by atoms with van der Waals surface area (Å²) < 4.78 is 8.36. The van der Waals surface area contributed by atoms with Crippen LogP contribution in [0.4, 0.5) is 0 Å². The molecule has 17 heavy (non-hydrogen) atoms. The molecule has 2 rings (SSSR count). The third-order valence-corrected chi connectivity index (χ3v) is 3.38. The van der Waals surface area contributed by atoms with Gasteiger partial charge in [-0.25, -0.2) is 0 Å². The molecule has 5 heteroatoms. The van der Waals surface area contributed by atoms with Crippen molar-refractivity contribution in [2.45, 2.75) is 26.5 Å². The fourth-order valence-corrected chi connectivity index (χ4v) is 2.54. The number of nitrogens with zero attached hydrogens (tertiary/aromatic N) is 2. The van der Waals surface area contributed by atoms with Crippen molar-refractivity contribution in [1.82, 2.24) is 9.47 Å². The smallest absolute Gasteiger partial charge is 0.270 e. The van der Waals surface area contributed by atoms with Gasteiger partial charge < -0.3 is 14.2 Å². The largest absolute Gasteiger partial charge is 0.375 e. The van der Waals surface area contributed by atoms with E-state index in [1.165, 1.54) is 0 Å². The molecule has 2 heterocycles. The van der Waals surface area contributed by atoms with Gasteiger partial charge in [0.15, 0.2) is 0 Å². The summed E-state index contributed by atoms with van der Waals surface area (Å²) in [5, 5.41) is 0. The molecule has 1 atom stereocenters. The average molecular weight is 301 g/mol. The number of hydrogen-bond donors (Lipinski definition) is 0. The summed E-state index contributed by atoms with van der Waals surface area (Å²) >= 11 is 3.41. The van der Waals surface area contributed by atoms with E-state index in [2.05, 4.69) is 15.9 Å². The Bertz CT molecular complexity index is 417. The highest BCUT2D eigenvalue weighted by Gasteiger charge is 2.24. The molecule has 1 amide bonds. The lowest BCUT2D eigenvalue weighted by molar-refractivity contribution is -0.0128. The van der Waals surface area contributed by atoms with Crippen molar-refractivity contribution in [1.29, 1.82) is 0 Å². The van der Waals surface area contributed by atoms with Crippen molar-refractivity contribution in [2.75, 3.05) is 19.7 Å². The second-order valence-electron chi connectivity index (χ2n) is 4.26. The van der Waals surface area contributed by atoms with Gasteiger partial charge in [-0.15, -0.1) is 0 Å². The number of aryl methyl sites for hydroxylation is 1. The second kappa shape index (κ2) is 5.23. The highest BCUT2D eigenvalue weighted by molar-refractivity contribution is 9.10. The maximum atomic E-state index is 12.4. The van der Waals surface area contributed by atoms with E-state index in [-0.39, 0.29) is 12.0 Å². The van der Waals surface area contributed by atoms with E-state index >= 15 is 0 Å². The molecular weight excluding hydrogens is 284 g/mol. The van der Waals surface area contributed by atoms with E-state index in [0.29, 0.717) is 19.7 Å². The van der Waals surface area contributed by atoms with Crippen molar-refractivity contribution >= 4 is 21.8 Å². The lowest BCUT2D eigenvalue weighted by Crippen LogP contribution is -2.45. The lowest BCUT2D eigenvalue weighted by atomic mass is 10.2. The van der Waals surface area contributed by atoms with Gasteiger partial charge in [0.05, 0.1) is 12.7 Å². The van der Waals surface area contributed by atoms with Gasteiger partial charge in [0.2, 0.25) is 0 Å². The van der Waals surface area contributed by atoms with E-state index in [0.717, 1.165) is 16.7 Å². The van der Waals surface area contributed by atoms with Gasteiger partial charge in [-0.1, -0.05) is 0 Å². The molecule has 1 unspecified atom stereocenters. The lowest BCUT2D eigenvalue weighted by Gasteiger charge is -2.31. The molecular formula is C12H17BrN2O2. The maximum absolute atomic E-state index is 12.4. The summed E-state index contributed by atoms with van der Waals surface area (Å²) in [4.78, 5) is 14.2. The van der Waals surface area contributed by atoms with Crippen LogP contribution in [0.25, 0.3) is 0 Å². The van der Waals surface area contributed by atoms with Crippen LogP contribution in [0.15, 0.2) is 16.7 Å². The van der Waals surface area contributed by atoms with Gasteiger partial charge >= 0.3 is 0 Å². The number of hydrogen-bond acceptors (Lipinski definition) is 2. The Labute approximate surface area is 110 Å². The predicted molar refractivity (Wildman–Crippen MR) is 69.1 cm³/mol. The quantitative estimate of drug-likeness (QED) is 0.838. The first-order valence-electron chi connectivity index (χ1n) is 5.88. The zero-order valence-electron chi connectivity index (χ0n) is 10.1. The van der Waals surface area contributed by atoms with Crippen molar-refractivity contribution in [2.24, 2.45) is 0 Å². The normalized spacial score (nSPS) is 20.6. The fraction of sp³-hybridized carbons (Fsp3) is 0.583. The number of carbonyl (C=O) groups excluding carboxylic acids is 1. The molecule has 1 aromatic rings.